The van der Waals surface area contributed by atoms with Crippen molar-refractivity contribution >= 4 is 5.69 Å². The zero-order valence-corrected chi connectivity index (χ0v) is 7.37. The fourth-order valence-corrected chi connectivity index (χ4v) is 1.14. The van der Waals surface area contributed by atoms with Gasteiger partial charge in [0.2, 0.25) is 0 Å². The Balaban J connectivity index is 3.13. The SMILES string of the molecule is CNc1ccc(C(F)(F)F)c(C)c1. The first kappa shape index (κ1) is 9.89. The maximum atomic E-state index is 12.3. The minimum atomic E-state index is -4.25. The normalized spacial score (nSPS) is 11.5. The number of anilines is 1. The fraction of sp³-hybridized carbons (Fsp3) is 0.333. The number of benzene rings is 1. The highest BCUT2D eigenvalue weighted by Gasteiger charge is 2.31. The van der Waals surface area contributed by atoms with Crippen LogP contribution < -0.4 is 5.32 Å². The second-order valence-electron chi connectivity index (χ2n) is 2.78. The van der Waals surface area contributed by atoms with Crippen molar-refractivity contribution in [1.82, 2.24) is 0 Å². The molecular formula is C9H10F3N. The number of nitrogens with one attached hydrogen (secondary N) is 1. The molecule has 4 heteroatoms. The van der Waals surface area contributed by atoms with Gasteiger partial charge < -0.3 is 5.32 Å². The Morgan fingerprint density at radius 3 is 2.23 bits per heavy atom. The van der Waals surface area contributed by atoms with Crippen molar-refractivity contribution in [2.45, 2.75) is 13.1 Å². The molecule has 0 atom stereocenters. The van der Waals surface area contributed by atoms with Crippen molar-refractivity contribution in [2.75, 3.05) is 12.4 Å². The van der Waals surface area contributed by atoms with E-state index in [9.17, 15) is 13.2 Å². The monoisotopic (exact) mass is 189 g/mol. The molecule has 0 saturated carbocycles. The standard InChI is InChI=1S/C9H10F3N/c1-6-5-7(13-2)3-4-8(6)9(10,11)12/h3-5,13H,1-2H3. The van der Waals surface area contributed by atoms with Crippen LogP contribution in [0.25, 0.3) is 0 Å². The minimum absolute atomic E-state index is 0.236. The molecule has 1 aromatic rings. The predicted molar refractivity (Wildman–Crippen MR) is 45.7 cm³/mol. The van der Waals surface area contributed by atoms with Crippen molar-refractivity contribution in [2.24, 2.45) is 0 Å². The molecule has 0 bridgehead atoms. The molecule has 0 amide bonds. The number of halogens is 3. The van der Waals surface area contributed by atoms with Gasteiger partial charge in [0, 0.05) is 12.7 Å². The highest BCUT2D eigenvalue weighted by atomic mass is 19.4. The molecule has 0 aliphatic rings. The first-order chi connectivity index (χ1) is 5.95. The fourth-order valence-electron chi connectivity index (χ4n) is 1.14. The lowest BCUT2D eigenvalue weighted by Crippen LogP contribution is -2.07. The summed E-state index contributed by atoms with van der Waals surface area (Å²) in [6, 6.07) is 3.97. The zero-order valence-electron chi connectivity index (χ0n) is 7.37. The van der Waals surface area contributed by atoms with Crippen LogP contribution in [0.1, 0.15) is 11.1 Å². The maximum Gasteiger partial charge on any atom is 0.416 e. The van der Waals surface area contributed by atoms with E-state index in [4.69, 9.17) is 0 Å². The molecule has 0 aliphatic heterocycles. The number of aryl methyl sites for hydroxylation is 1. The van der Waals surface area contributed by atoms with E-state index >= 15 is 0 Å². The molecule has 0 fully saturated rings. The molecule has 0 heterocycles. The van der Waals surface area contributed by atoms with Crippen LogP contribution in [0, 0.1) is 6.92 Å². The van der Waals surface area contributed by atoms with Gasteiger partial charge in [-0.25, -0.2) is 0 Å². The van der Waals surface area contributed by atoms with E-state index in [1.54, 1.807) is 7.05 Å². The minimum Gasteiger partial charge on any atom is -0.388 e. The van der Waals surface area contributed by atoms with Crippen LogP contribution in [0.15, 0.2) is 18.2 Å². The molecule has 0 unspecified atom stereocenters. The van der Waals surface area contributed by atoms with Crippen LogP contribution in [0.3, 0.4) is 0 Å². The average Bonchev–Trinajstić information content (AvgIpc) is 2.01. The number of alkyl halides is 3. The Kier molecular flexibility index (Phi) is 2.50. The second kappa shape index (κ2) is 3.28. The van der Waals surface area contributed by atoms with Gasteiger partial charge in [0.15, 0.2) is 0 Å². The van der Waals surface area contributed by atoms with Crippen molar-refractivity contribution in [3.8, 4) is 0 Å². The third-order valence-corrected chi connectivity index (χ3v) is 1.82. The van der Waals surface area contributed by atoms with Crippen LogP contribution in [0.4, 0.5) is 18.9 Å². The van der Waals surface area contributed by atoms with E-state index in [1.165, 1.54) is 19.1 Å². The lowest BCUT2D eigenvalue weighted by Gasteiger charge is -2.11. The predicted octanol–water partition coefficient (Wildman–Crippen LogP) is 3.06. The third kappa shape index (κ3) is 2.14. The van der Waals surface area contributed by atoms with Crippen molar-refractivity contribution in [3.63, 3.8) is 0 Å². The maximum absolute atomic E-state index is 12.3. The van der Waals surface area contributed by atoms with Crippen LogP contribution >= 0.6 is 0 Å². The summed E-state index contributed by atoms with van der Waals surface area (Å²) in [6.07, 6.45) is -4.25. The van der Waals surface area contributed by atoms with Gasteiger partial charge in [-0.1, -0.05) is 0 Å². The summed E-state index contributed by atoms with van der Waals surface area (Å²) in [5.74, 6) is 0. The van der Waals surface area contributed by atoms with Crippen molar-refractivity contribution in [3.05, 3.63) is 29.3 Å². The van der Waals surface area contributed by atoms with Gasteiger partial charge in [-0.2, -0.15) is 13.2 Å². The van der Waals surface area contributed by atoms with Gasteiger partial charge in [0.25, 0.3) is 0 Å². The lowest BCUT2D eigenvalue weighted by atomic mass is 10.1. The number of hydrogen-bond acceptors (Lipinski definition) is 1. The van der Waals surface area contributed by atoms with Crippen LogP contribution in [0.2, 0.25) is 0 Å². The molecule has 1 aromatic carbocycles. The lowest BCUT2D eigenvalue weighted by molar-refractivity contribution is -0.138. The molecule has 13 heavy (non-hydrogen) atoms. The summed E-state index contributed by atoms with van der Waals surface area (Å²) in [7, 11) is 1.67. The van der Waals surface area contributed by atoms with E-state index in [0.717, 1.165) is 6.07 Å². The first-order valence-corrected chi connectivity index (χ1v) is 3.80. The molecule has 1 nitrogen and oxygen atoms in total. The molecule has 0 spiro atoms. The Morgan fingerprint density at radius 2 is 1.85 bits per heavy atom. The summed E-state index contributed by atoms with van der Waals surface area (Å²) >= 11 is 0. The Hall–Kier alpha value is -1.19. The van der Waals surface area contributed by atoms with E-state index in [2.05, 4.69) is 5.32 Å². The average molecular weight is 189 g/mol. The smallest absolute Gasteiger partial charge is 0.388 e. The quantitative estimate of drug-likeness (QED) is 0.715. The molecule has 72 valence electrons. The van der Waals surface area contributed by atoms with E-state index in [0.29, 0.717) is 5.69 Å². The van der Waals surface area contributed by atoms with Gasteiger partial charge in [0.05, 0.1) is 5.56 Å². The summed E-state index contributed by atoms with van der Waals surface area (Å²) < 4.78 is 36.8. The molecule has 1 rings (SSSR count). The van der Waals surface area contributed by atoms with Gasteiger partial charge in [0.1, 0.15) is 0 Å². The molecular weight excluding hydrogens is 179 g/mol. The number of rotatable bonds is 1. The Labute approximate surface area is 74.6 Å². The Morgan fingerprint density at radius 1 is 1.23 bits per heavy atom. The highest BCUT2D eigenvalue weighted by Crippen LogP contribution is 2.32. The molecule has 0 radical (unpaired) electrons. The summed E-state index contributed by atoms with van der Waals surface area (Å²) in [5.41, 5.74) is 0.344. The van der Waals surface area contributed by atoms with Crippen molar-refractivity contribution in [1.29, 1.82) is 0 Å². The molecule has 0 aromatic heterocycles. The largest absolute Gasteiger partial charge is 0.416 e. The second-order valence-corrected chi connectivity index (χ2v) is 2.78. The summed E-state index contributed by atoms with van der Waals surface area (Å²) in [5, 5.41) is 2.78. The summed E-state index contributed by atoms with van der Waals surface area (Å²) in [6.45, 7) is 1.45. The van der Waals surface area contributed by atoms with E-state index in [-0.39, 0.29) is 5.56 Å². The highest BCUT2D eigenvalue weighted by molar-refractivity contribution is 5.48. The van der Waals surface area contributed by atoms with Crippen molar-refractivity contribution < 1.29 is 13.2 Å². The number of hydrogen-bond donors (Lipinski definition) is 1. The summed E-state index contributed by atoms with van der Waals surface area (Å²) in [4.78, 5) is 0. The van der Waals surface area contributed by atoms with Crippen LogP contribution in [-0.4, -0.2) is 7.05 Å². The third-order valence-electron chi connectivity index (χ3n) is 1.82. The van der Waals surface area contributed by atoms with Crippen LogP contribution in [0.5, 0.6) is 0 Å². The van der Waals surface area contributed by atoms with Gasteiger partial charge in [-0.3, -0.25) is 0 Å². The molecule has 1 N–H and O–H groups in total. The van der Waals surface area contributed by atoms with E-state index in [1.807, 2.05) is 0 Å². The topological polar surface area (TPSA) is 12.0 Å². The van der Waals surface area contributed by atoms with E-state index < -0.39 is 11.7 Å². The Bertz CT molecular complexity index is 304. The van der Waals surface area contributed by atoms with Crippen LogP contribution in [-0.2, 0) is 6.18 Å². The van der Waals surface area contributed by atoms with Gasteiger partial charge >= 0.3 is 6.18 Å². The van der Waals surface area contributed by atoms with Gasteiger partial charge in [-0.15, -0.1) is 0 Å². The first-order valence-electron chi connectivity index (χ1n) is 3.80. The van der Waals surface area contributed by atoms with Gasteiger partial charge in [-0.05, 0) is 30.7 Å². The zero-order chi connectivity index (χ0) is 10.1. The molecule has 0 saturated heterocycles. The molecule has 0 aliphatic carbocycles.